The topological polar surface area (TPSA) is 29.5 Å². The van der Waals surface area contributed by atoms with Gasteiger partial charge < -0.3 is 9.84 Å². The number of ether oxygens (including phenoxy) is 1. The van der Waals surface area contributed by atoms with Crippen LogP contribution in [0, 0.1) is 5.41 Å². The average Bonchev–Trinajstić information content (AvgIpc) is 2.28. The van der Waals surface area contributed by atoms with E-state index in [2.05, 4.69) is 0 Å². The van der Waals surface area contributed by atoms with Gasteiger partial charge in [0.2, 0.25) is 0 Å². The minimum atomic E-state index is -4.15. The number of hydrogen-bond acceptors (Lipinski definition) is 2. The van der Waals surface area contributed by atoms with Crippen LogP contribution in [-0.4, -0.2) is 30.1 Å². The molecule has 0 aromatic rings. The molecule has 0 aromatic heterocycles. The van der Waals surface area contributed by atoms with Gasteiger partial charge in [-0.3, -0.25) is 0 Å². The number of halogens is 3. The van der Waals surface area contributed by atoms with Crippen molar-refractivity contribution in [3.8, 4) is 0 Å². The standard InChI is InChI=1S/C12H19F3O2/c13-12(14,15)6-7-17-10-8-9(16)11(10)4-2-1-3-5-11/h9-10,16H,1-8H2. The van der Waals surface area contributed by atoms with Gasteiger partial charge in [0.1, 0.15) is 0 Å². The van der Waals surface area contributed by atoms with Crippen LogP contribution >= 0.6 is 0 Å². The quantitative estimate of drug-likeness (QED) is 0.836. The van der Waals surface area contributed by atoms with Gasteiger partial charge in [0.05, 0.1) is 25.2 Å². The van der Waals surface area contributed by atoms with E-state index in [0.29, 0.717) is 6.42 Å². The zero-order valence-corrected chi connectivity index (χ0v) is 9.80. The Kier molecular flexibility index (Phi) is 3.69. The number of hydrogen-bond donors (Lipinski definition) is 1. The lowest BCUT2D eigenvalue weighted by Crippen LogP contribution is -2.59. The lowest BCUT2D eigenvalue weighted by atomic mass is 9.56. The van der Waals surface area contributed by atoms with Crippen LogP contribution in [0.2, 0.25) is 0 Å². The third-order valence-corrected chi connectivity index (χ3v) is 4.23. The van der Waals surface area contributed by atoms with Crippen molar-refractivity contribution in [1.82, 2.24) is 0 Å². The van der Waals surface area contributed by atoms with Gasteiger partial charge in [0.25, 0.3) is 0 Å². The molecule has 0 amide bonds. The molecule has 1 spiro atoms. The number of alkyl halides is 3. The molecule has 5 heteroatoms. The van der Waals surface area contributed by atoms with Crippen molar-refractivity contribution in [2.75, 3.05) is 6.61 Å². The zero-order valence-electron chi connectivity index (χ0n) is 9.80. The smallest absolute Gasteiger partial charge is 0.391 e. The summed E-state index contributed by atoms with van der Waals surface area (Å²) in [7, 11) is 0. The molecule has 2 atom stereocenters. The maximum Gasteiger partial charge on any atom is 0.391 e. The van der Waals surface area contributed by atoms with Gasteiger partial charge in [-0.2, -0.15) is 13.2 Å². The van der Waals surface area contributed by atoms with E-state index in [-0.39, 0.29) is 24.2 Å². The predicted molar refractivity (Wildman–Crippen MR) is 56.6 cm³/mol. The van der Waals surface area contributed by atoms with Gasteiger partial charge in [0, 0.05) is 11.8 Å². The normalized spacial score (nSPS) is 32.5. The average molecular weight is 252 g/mol. The van der Waals surface area contributed by atoms with E-state index in [0.717, 1.165) is 32.1 Å². The summed E-state index contributed by atoms with van der Waals surface area (Å²) in [5.41, 5.74) is -0.232. The molecule has 0 bridgehead atoms. The maximum absolute atomic E-state index is 12.0. The van der Waals surface area contributed by atoms with Crippen molar-refractivity contribution in [3.63, 3.8) is 0 Å². The highest BCUT2D eigenvalue weighted by Crippen LogP contribution is 2.53. The highest BCUT2D eigenvalue weighted by atomic mass is 19.4. The summed E-state index contributed by atoms with van der Waals surface area (Å²) in [5.74, 6) is 0. The number of rotatable bonds is 3. The minimum absolute atomic E-state index is 0.167. The van der Waals surface area contributed by atoms with Crippen molar-refractivity contribution in [3.05, 3.63) is 0 Å². The molecule has 2 aliphatic rings. The van der Waals surface area contributed by atoms with E-state index in [4.69, 9.17) is 4.74 Å². The molecule has 2 aliphatic carbocycles. The number of aliphatic hydroxyl groups excluding tert-OH is 1. The summed E-state index contributed by atoms with van der Waals surface area (Å²) in [6.07, 6.45) is -0.0413. The van der Waals surface area contributed by atoms with E-state index in [1.165, 1.54) is 0 Å². The van der Waals surface area contributed by atoms with Crippen LogP contribution in [0.5, 0.6) is 0 Å². The van der Waals surface area contributed by atoms with Crippen LogP contribution in [0.1, 0.15) is 44.9 Å². The minimum Gasteiger partial charge on any atom is -0.392 e. The Bertz CT molecular complexity index is 259. The fraction of sp³-hybridized carbons (Fsp3) is 1.00. The molecular formula is C12H19F3O2. The van der Waals surface area contributed by atoms with E-state index >= 15 is 0 Å². The Morgan fingerprint density at radius 3 is 2.35 bits per heavy atom. The maximum atomic E-state index is 12.0. The third-order valence-electron chi connectivity index (χ3n) is 4.23. The highest BCUT2D eigenvalue weighted by Gasteiger charge is 2.55. The molecule has 2 rings (SSSR count). The molecule has 2 saturated carbocycles. The van der Waals surface area contributed by atoms with Crippen LogP contribution in [0.3, 0.4) is 0 Å². The summed E-state index contributed by atoms with van der Waals surface area (Å²) < 4.78 is 41.4. The first-order valence-corrected chi connectivity index (χ1v) is 6.30. The van der Waals surface area contributed by atoms with Crippen molar-refractivity contribution >= 4 is 0 Å². The largest absolute Gasteiger partial charge is 0.392 e. The Balaban J connectivity index is 1.81. The number of aliphatic hydroxyl groups is 1. The molecule has 0 heterocycles. The van der Waals surface area contributed by atoms with Crippen LogP contribution in [-0.2, 0) is 4.74 Å². The van der Waals surface area contributed by atoms with E-state index in [1.54, 1.807) is 0 Å². The fourth-order valence-corrected chi connectivity index (χ4v) is 3.14. The van der Waals surface area contributed by atoms with Gasteiger partial charge in [-0.1, -0.05) is 19.3 Å². The van der Waals surface area contributed by atoms with E-state index in [9.17, 15) is 18.3 Å². The van der Waals surface area contributed by atoms with Crippen molar-refractivity contribution < 1.29 is 23.0 Å². The summed E-state index contributed by atoms with van der Waals surface area (Å²) in [5, 5.41) is 9.85. The van der Waals surface area contributed by atoms with E-state index < -0.39 is 12.6 Å². The molecule has 0 saturated heterocycles. The first kappa shape index (κ1) is 13.1. The molecule has 2 fully saturated rings. The lowest BCUT2D eigenvalue weighted by Gasteiger charge is -2.55. The Morgan fingerprint density at radius 1 is 1.18 bits per heavy atom. The molecule has 2 unspecified atom stereocenters. The van der Waals surface area contributed by atoms with Crippen molar-refractivity contribution in [2.24, 2.45) is 5.41 Å². The summed E-state index contributed by atoms with van der Waals surface area (Å²) in [6.45, 7) is -0.275. The molecule has 2 nitrogen and oxygen atoms in total. The molecule has 0 aromatic carbocycles. The van der Waals surface area contributed by atoms with Crippen LogP contribution in [0.4, 0.5) is 13.2 Å². The van der Waals surface area contributed by atoms with Gasteiger partial charge >= 0.3 is 6.18 Å². The lowest BCUT2D eigenvalue weighted by molar-refractivity contribution is -0.218. The molecule has 0 aliphatic heterocycles. The molecule has 100 valence electrons. The van der Waals surface area contributed by atoms with Crippen LogP contribution in [0.15, 0.2) is 0 Å². The Hall–Kier alpha value is -0.290. The van der Waals surface area contributed by atoms with Gasteiger partial charge in [0.15, 0.2) is 0 Å². The second kappa shape index (κ2) is 4.76. The summed E-state index contributed by atoms with van der Waals surface area (Å²) in [6, 6.07) is 0. The fourth-order valence-electron chi connectivity index (χ4n) is 3.14. The SMILES string of the molecule is OC1CC(OCCC(F)(F)F)C12CCCCC2. The van der Waals surface area contributed by atoms with Crippen molar-refractivity contribution in [1.29, 1.82) is 0 Å². The second-order valence-corrected chi connectivity index (χ2v) is 5.27. The zero-order chi connectivity index (χ0) is 12.5. The Morgan fingerprint density at radius 2 is 1.82 bits per heavy atom. The molecule has 17 heavy (non-hydrogen) atoms. The summed E-state index contributed by atoms with van der Waals surface area (Å²) >= 11 is 0. The first-order chi connectivity index (χ1) is 7.94. The van der Waals surface area contributed by atoms with Crippen LogP contribution < -0.4 is 0 Å². The Labute approximate surface area is 99.1 Å². The molecule has 1 N–H and O–H groups in total. The third kappa shape index (κ3) is 2.76. The predicted octanol–water partition coefficient (Wildman–Crippen LogP) is 3.04. The van der Waals surface area contributed by atoms with Gasteiger partial charge in [-0.15, -0.1) is 0 Å². The molecular weight excluding hydrogens is 233 g/mol. The van der Waals surface area contributed by atoms with E-state index in [1.807, 2.05) is 0 Å². The highest BCUT2D eigenvalue weighted by molar-refractivity contribution is 5.05. The first-order valence-electron chi connectivity index (χ1n) is 6.30. The van der Waals surface area contributed by atoms with Crippen LogP contribution in [0.25, 0.3) is 0 Å². The second-order valence-electron chi connectivity index (χ2n) is 5.27. The van der Waals surface area contributed by atoms with Gasteiger partial charge in [-0.25, -0.2) is 0 Å². The molecule has 0 radical (unpaired) electrons. The van der Waals surface area contributed by atoms with Crippen molar-refractivity contribution in [2.45, 2.75) is 63.3 Å². The van der Waals surface area contributed by atoms with Gasteiger partial charge in [-0.05, 0) is 12.8 Å². The summed E-state index contributed by atoms with van der Waals surface area (Å²) in [4.78, 5) is 0. The monoisotopic (exact) mass is 252 g/mol.